The van der Waals surface area contributed by atoms with Gasteiger partial charge in [0.15, 0.2) is 6.10 Å². The molecular weight excluding hydrogens is 264 g/mol. The molecule has 0 saturated carbocycles. The van der Waals surface area contributed by atoms with Crippen molar-refractivity contribution in [3.63, 3.8) is 0 Å². The number of carbonyl (C=O) groups excluding carboxylic acids is 1. The highest BCUT2D eigenvalue weighted by Gasteiger charge is 2.22. The fraction of sp³-hybridized carbons (Fsp3) is 0.500. The summed E-state index contributed by atoms with van der Waals surface area (Å²) in [7, 11) is 3.63. The van der Waals surface area contributed by atoms with Crippen molar-refractivity contribution in [1.29, 1.82) is 0 Å². The van der Waals surface area contributed by atoms with E-state index in [1.165, 1.54) is 0 Å². The molecular formula is C14H21ClN2O2. The summed E-state index contributed by atoms with van der Waals surface area (Å²) in [5, 5.41) is 3.53. The number of halogens is 1. The van der Waals surface area contributed by atoms with Crippen LogP contribution in [0.15, 0.2) is 24.3 Å². The molecule has 0 aliphatic carbocycles. The Kier molecular flexibility index (Phi) is 6.67. The molecule has 5 heteroatoms. The van der Waals surface area contributed by atoms with Gasteiger partial charge in [-0.15, -0.1) is 0 Å². The van der Waals surface area contributed by atoms with Crippen LogP contribution in [-0.4, -0.2) is 44.1 Å². The van der Waals surface area contributed by atoms with Crippen LogP contribution in [0.25, 0.3) is 0 Å². The summed E-state index contributed by atoms with van der Waals surface area (Å²) in [5.41, 5.74) is 0. The molecule has 0 aromatic heterocycles. The van der Waals surface area contributed by atoms with Crippen molar-refractivity contribution in [1.82, 2.24) is 10.2 Å². The molecule has 0 fully saturated rings. The number of nitrogens with zero attached hydrogens (tertiary/aromatic N) is 1. The molecule has 1 aromatic carbocycles. The molecule has 1 rings (SSSR count). The summed E-state index contributed by atoms with van der Waals surface area (Å²) in [5.74, 6) is 0.518. The highest BCUT2D eigenvalue weighted by atomic mass is 35.5. The molecule has 0 spiro atoms. The second-order valence-electron chi connectivity index (χ2n) is 4.31. The number of nitrogens with one attached hydrogen (secondary N) is 1. The van der Waals surface area contributed by atoms with Gasteiger partial charge in [-0.25, -0.2) is 0 Å². The number of hydrogen-bond donors (Lipinski definition) is 1. The average Bonchev–Trinajstić information content (AvgIpc) is 2.43. The quantitative estimate of drug-likeness (QED) is 0.834. The number of amides is 1. The van der Waals surface area contributed by atoms with Gasteiger partial charge < -0.3 is 15.0 Å². The third-order valence-electron chi connectivity index (χ3n) is 2.83. The predicted octanol–water partition coefficient (Wildman–Crippen LogP) is 2.18. The lowest BCUT2D eigenvalue weighted by Crippen LogP contribution is -2.42. The van der Waals surface area contributed by atoms with Crippen LogP contribution < -0.4 is 10.1 Å². The number of carbonyl (C=O) groups is 1. The van der Waals surface area contributed by atoms with Crippen LogP contribution in [0.1, 0.15) is 13.3 Å². The molecule has 1 aromatic rings. The number of likely N-dealkylation sites (N-methyl/N-ethyl adjacent to an activating group) is 2. The number of benzene rings is 1. The van der Waals surface area contributed by atoms with Crippen molar-refractivity contribution >= 4 is 17.5 Å². The molecule has 0 aliphatic rings. The van der Waals surface area contributed by atoms with Gasteiger partial charge >= 0.3 is 0 Å². The lowest BCUT2D eigenvalue weighted by atomic mass is 10.2. The van der Waals surface area contributed by atoms with E-state index in [4.69, 9.17) is 16.3 Å². The average molecular weight is 285 g/mol. The Morgan fingerprint density at radius 2 is 2.16 bits per heavy atom. The number of ether oxygens (including phenoxy) is 1. The van der Waals surface area contributed by atoms with Gasteiger partial charge in [0.25, 0.3) is 5.91 Å². The van der Waals surface area contributed by atoms with E-state index in [1.54, 1.807) is 24.1 Å². The maximum Gasteiger partial charge on any atom is 0.263 e. The summed E-state index contributed by atoms with van der Waals surface area (Å²) >= 11 is 6.03. The Morgan fingerprint density at radius 1 is 1.47 bits per heavy atom. The van der Waals surface area contributed by atoms with Crippen LogP contribution in [0.5, 0.6) is 5.75 Å². The molecule has 0 saturated heterocycles. The van der Waals surface area contributed by atoms with E-state index in [0.717, 1.165) is 6.54 Å². The second kappa shape index (κ2) is 8.02. The van der Waals surface area contributed by atoms with E-state index in [2.05, 4.69) is 5.32 Å². The number of para-hydroxylation sites is 1. The summed E-state index contributed by atoms with van der Waals surface area (Å²) in [6.07, 6.45) is 0.107. The minimum atomic E-state index is -0.498. The van der Waals surface area contributed by atoms with E-state index in [9.17, 15) is 4.79 Å². The van der Waals surface area contributed by atoms with Crippen molar-refractivity contribution in [2.24, 2.45) is 0 Å². The van der Waals surface area contributed by atoms with Gasteiger partial charge in [-0.2, -0.15) is 0 Å². The molecule has 0 bridgehead atoms. The molecule has 0 radical (unpaired) electrons. The molecule has 1 N–H and O–H groups in total. The van der Waals surface area contributed by atoms with Crippen LogP contribution >= 0.6 is 11.6 Å². The van der Waals surface area contributed by atoms with Gasteiger partial charge in [-0.05, 0) is 25.6 Å². The smallest absolute Gasteiger partial charge is 0.263 e. The third kappa shape index (κ3) is 4.73. The fourth-order valence-corrected chi connectivity index (χ4v) is 1.82. The first-order valence-electron chi connectivity index (χ1n) is 6.40. The van der Waals surface area contributed by atoms with Crippen molar-refractivity contribution in [2.75, 3.05) is 27.2 Å². The summed E-state index contributed by atoms with van der Waals surface area (Å²) in [4.78, 5) is 13.9. The lowest BCUT2D eigenvalue weighted by molar-refractivity contribution is -0.137. The van der Waals surface area contributed by atoms with Gasteiger partial charge in [-0.3, -0.25) is 4.79 Å². The summed E-state index contributed by atoms with van der Waals surface area (Å²) in [6, 6.07) is 7.19. The fourth-order valence-electron chi connectivity index (χ4n) is 1.64. The minimum absolute atomic E-state index is 0.0299. The summed E-state index contributed by atoms with van der Waals surface area (Å²) < 4.78 is 5.71. The van der Waals surface area contributed by atoms with Crippen LogP contribution in [0.4, 0.5) is 0 Å². The van der Waals surface area contributed by atoms with E-state index in [1.807, 2.05) is 26.1 Å². The Labute approximate surface area is 119 Å². The van der Waals surface area contributed by atoms with Crippen LogP contribution in [0.2, 0.25) is 5.02 Å². The Bertz CT molecular complexity index is 412. The van der Waals surface area contributed by atoms with Crippen molar-refractivity contribution < 1.29 is 9.53 Å². The lowest BCUT2D eigenvalue weighted by Gasteiger charge is -2.24. The Morgan fingerprint density at radius 3 is 2.74 bits per heavy atom. The van der Waals surface area contributed by atoms with Crippen molar-refractivity contribution in [3.05, 3.63) is 29.3 Å². The molecule has 4 nitrogen and oxygen atoms in total. The maximum atomic E-state index is 12.2. The molecule has 19 heavy (non-hydrogen) atoms. The van der Waals surface area contributed by atoms with Crippen molar-refractivity contribution in [3.8, 4) is 5.75 Å². The van der Waals surface area contributed by atoms with E-state index in [0.29, 0.717) is 23.7 Å². The van der Waals surface area contributed by atoms with Crippen LogP contribution in [0, 0.1) is 0 Å². The number of hydrogen-bond acceptors (Lipinski definition) is 3. The van der Waals surface area contributed by atoms with E-state index in [-0.39, 0.29) is 5.91 Å². The Hall–Kier alpha value is -1.26. The SMILES string of the molecule is CCC(Oc1ccccc1Cl)C(=O)N(C)CCNC. The van der Waals surface area contributed by atoms with Gasteiger partial charge in [0, 0.05) is 20.1 Å². The molecule has 1 amide bonds. The normalized spacial score (nSPS) is 12.0. The van der Waals surface area contributed by atoms with Gasteiger partial charge in [0.1, 0.15) is 5.75 Å². The van der Waals surface area contributed by atoms with Crippen LogP contribution in [0.3, 0.4) is 0 Å². The topological polar surface area (TPSA) is 41.6 Å². The highest BCUT2D eigenvalue weighted by Crippen LogP contribution is 2.25. The molecule has 0 aliphatic heterocycles. The zero-order valence-corrected chi connectivity index (χ0v) is 12.4. The van der Waals surface area contributed by atoms with E-state index < -0.39 is 6.10 Å². The molecule has 1 atom stereocenters. The van der Waals surface area contributed by atoms with Crippen LogP contribution in [-0.2, 0) is 4.79 Å². The first-order valence-corrected chi connectivity index (χ1v) is 6.78. The van der Waals surface area contributed by atoms with Gasteiger partial charge in [0.05, 0.1) is 5.02 Å². The molecule has 106 valence electrons. The maximum absolute atomic E-state index is 12.2. The standard InChI is InChI=1S/C14H21ClN2O2/c1-4-12(14(18)17(3)10-9-16-2)19-13-8-6-5-7-11(13)15/h5-8,12,16H,4,9-10H2,1-3H3. The zero-order valence-electron chi connectivity index (χ0n) is 11.6. The minimum Gasteiger partial charge on any atom is -0.479 e. The van der Waals surface area contributed by atoms with Crippen molar-refractivity contribution in [2.45, 2.75) is 19.4 Å². The molecule has 1 unspecified atom stereocenters. The highest BCUT2D eigenvalue weighted by molar-refractivity contribution is 6.32. The first-order chi connectivity index (χ1) is 9.10. The predicted molar refractivity (Wildman–Crippen MR) is 77.7 cm³/mol. The van der Waals surface area contributed by atoms with E-state index >= 15 is 0 Å². The number of rotatable bonds is 7. The first kappa shape index (κ1) is 15.8. The zero-order chi connectivity index (χ0) is 14.3. The monoisotopic (exact) mass is 284 g/mol. The van der Waals surface area contributed by atoms with Gasteiger partial charge in [-0.1, -0.05) is 30.7 Å². The second-order valence-corrected chi connectivity index (χ2v) is 4.72. The third-order valence-corrected chi connectivity index (χ3v) is 3.14. The van der Waals surface area contributed by atoms with Gasteiger partial charge in [0.2, 0.25) is 0 Å². The summed E-state index contributed by atoms with van der Waals surface area (Å²) in [6.45, 7) is 3.33. The molecule has 0 heterocycles. The largest absolute Gasteiger partial charge is 0.479 e. The Balaban J connectivity index is 2.67.